The molecule has 11 heteroatoms. The number of benzene rings is 3. The number of hydrogen-bond acceptors (Lipinski definition) is 5. The van der Waals surface area contributed by atoms with Gasteiger partial charge in [-0.1, -0.05) is 52.1 Å². The van der Waals surface area contributed by atoms with Gasteiger partial charge in [-0.25, -0.2) is 17.9 Å². The number of carbonyl (C=O) groups is 1. The third-order valence-electron chi connectivity index (χ3n) is 4.55. The van der Waals surface area contributed by atoms with E-state index in [1.807, 2.05) is 0 Å². The molecule has 1 heterocycles. The van der Waals surface area contributed by atoms with E-state index in [-0.39, 0.29) is 31.2 Å². The van der Waals surface area contributed by atoms with Crippen LogP contribution in [0.4, 0.5) is 0 Å². The van der Waals surface area contributed by atoms with E-state index < -0.39 is 15.8 Å². The zero-order valence-corrected chi connectivity index (χ0v) is 19.0. The molecule has 0 bridgehead atoms. The molecule has 0 saturated heterocycles. The lowest BCUT2D eigenvalue weighted by Crippen LogP contribution is -2.07. The summed E-state index contributed by atoms with van der Waals surface area (Å²) in [6, 6.07) is 16.3. The summed E-state index contributed by atoms with van der Waals surface area (Å²) < 4.78 is 28.3. The van der Waals surface area contributed by atoms with Gasteiger partial charge in [-0.05, 0) is 54.6 Å². The molecule has 32 heavy (non-hydrogen) atoms. The van der Waals surface area contributed by atoms with Crippen molar-refractivity contribution in [1.29, 1.82) is 0 Å². The van der Waals surface area contributed by atoms with Gasteiger partial charge in [0.15, 0.2) is 0 Å². The van der Waals surface area contributed by atoms with Crippen LogP contribution in [0.2, 0.25) is 15.1 Å². The van der Waals surface area contributed by atoms with Gasteiger partial charge in [0.1, 0.15) is 5.69 Å². The first-order valence-corrected chi connectivity index (χ1v) is 11.6. The van der Waals surface area contributed by atoms with Gasteiger partial charge in [-0.2, -0.15) is 0 Å². The molecule has 7 nitrogen and oxygen atoms in total. The molecule has 1 aromatic heterocycles. The molecule has 0 aliphatic carbocycles. The maximum Gasteiger partial charge on any atom is 0.335 e. The Morgan fingerprint density at radius 3 is 2.12 bits per heavy atom. The van der Waals surface area contributed by atoms with Gasteiger partial charge in [-0.15, -0.1) is 5.10 Å². The van der Waals surface area contributed by atoms with Crippen molar-refractivity contribution < 1.29 is 18.3 Å². The lowest BCUT2D eigenvalue weighted by molar-refractivity contribution is 0.0697. The van der Waals surface area contributed by atoms with E-state index in [4.69, 9.17) is 39.9 Å². The van der Waals surface area contributed by atoms with E-state index in [0.29, 0.717) is 16.3 Å². The van der Waals surface area contributed by atoms with Gasteiger partial charge in [0.25, 0.3) is 0 Å². The van der Waals surface area contributed by atoms with E-state index in [9.17, 15) is 13.2 Å². The number of hydrogen-bond donors (Lipinski definition) is 1. The molecule has 0 amide bonds. The first-order valence-electron chi connectivity index (χ1n) is 8.94. The summed E-state index contributed by atoms with van der Waals surface area (Å²) in [7, 11) is -4.23. The number of aromatic nitrogens is 3. The molecule has 3 aromatic carbocycles. The molecular weight excluding hydrogens is 497 g/mol. The van der Waals surface area contributed by atoms with Crippen molar-refractivity contribution in [2.45, 2.75) is 9.92 Å². The second-order valence-corrected chi connectivity index (χ2v) is 9.71. The Bertz CT molecular complexity index is 1430. The maximum absolute atomic E-state index is 13.5. The predicted molar refractivity (Wildman–Crippen MR) is 121 cm³/mol. The van der Waals surface area contributed by atoms with Crippen LogP contribution in [0, 0.1) is 0 Å². The third kappa shape index (κ3) is 4.10. The highest BCUT2D eigenvalue weighted by Gasteiger charge is 2.31. The van der Waals surface area contributed by atoms with Crippen molar-refractivity contribution in [3.63, 3.8) is 0 Å². The lowest BCUT2D eigenvalue weighted by atomic mass is 10.1. The average molecular weight is 509 g/mol. The molecule has 0 unspecified atom stereocenters. The van der Waals surface area contributed by atoms with E-state index in [1.54, 1.807) is 24.3 Å². The van der Waals surface area contributed by atoms with Gasteiger partial charge >= 0.3 is 5.97 Å². The van der Waals surface area contributed by atoms with E-state index in [0.717, 1.165) is 0 Å². The SMILES string of the molecule is O=C(O)c1ccc(-n2nnc(S(=O)(=O)c3cc(Cl)ccc3Cl)c2-c2ccc(Cl)cc2)cc1. The standard InChI is InChI=1S/C21H12Cl3N3O4S/c22-14-5-1-12(2-6-14)19-20(32(30,31)18-11-15(23)7-10-17(18)24)25-26-27(19)16-8-3-13(4-9-16)21(28)29/h1-11H,(H,28,29). The molecule has 4 aromatic rings. The van der Waals surface area contributed by atoms with Crippen LogP contribution in [0.1, 0.15) is 10.4 Å². The van der Waals surface area contributed by atoms with Crippen LogP contribution in [0.15, 0.2) is 76.7 Å². The highest BCUT2D eigenvalue weighted by atomic mass is 35.5. The zero-order chi connectivity index (χ0) is 23.0. The minimum absolute atomic E-state index is 0.0168. The topological polar surface area (TPSA) is 102 Å². The van der Waals surface area contributed by atoms with Crippen molar-refractivity contribution in [3.8, 4) is 16.9 Å². The largest absolute Gasteiger partial charge is 0.478 e. The minimum atomic E-state index is -4.23. The van der Waals surface area contributed by atoms with E-state index in [2.05, 4.69) is 10.3 Å². The summed E-state index contributed by atoms with van der Waals surface area (Å²) in [6.45, 7) is 0. The average Bonchev–Trinajstić information content (AvgIpc) is 3.22. The molecular formula is C21H12Cl3N3O4S. The summed E-state index contributed by atoms with van der Waals surface area (Å²) in [6.07, 6.45) is 0. The molecule has 0 aliphatic rings. The van der Waals surface area contributed by atoms with Crippen molar-refractivity contribution in [3.05, 3.63) is 87.4 Å². The number of sulfone groups is 1. The summed E-state index contributed by atoms with van der Waals surface area (Å²) in [5.74, 6) is -1.09. The highest BCUT2D eigenvalue weighted by molar-refractivity contribution is 7.91. The number of halogens is 3. The Morgan fingerprint density at radius 2 is 1.50 bits per heavy atom. The number of carboxylic acid groups (broad SMARTS) is 1. The van der Waals surface area contributed by atoms with E-state index in [1.165, 1.54) is 47.1 Å². The fourth-order valence-electron chi connectivity index (χ4n) is 3.02. The fourth-order valence-corrected chi connectivity index (χ4v) is 5.22. The molecule has 0 aliphatic heterocycles. The maximum atomic E-state index is 13.5. The van der Waals surface area contributed by atoms with Crippen LogP contribution in [-0.2, 0) is 9.84 Å². The summed E-state index contributed by atoms with van der Waals surface area (Å²) in [5, 5.41) is 17.4. The van der Waals surface area contributed by atoms with Crippen LogP contribution >= 0.6 is 34.8 Å². The Labute approximate surface area is 197 Å². The Balaban J connectivity index is 1.97. The molecule has 0 saturated carbocycles. The molecule has 0 atom stereocenters. The van der Waals surface area contributed by atoms with Crippen LogP contribution in [-0.4, -0.2) is 34.5 Å². The normalized spacial score (nSPS) is 11.5. The number of carboxylic acids is 1. The molecule has 1 N–H and O–H groups in total. The van der Waals surface area contributed by atoms with Crippen LogP contribution in [0.3, 0.4) is 0 Å². The van der Waals surface area contributed by atoms with Crippen molar-refractivity contribution >= 4 is 50.6 Å². The summed E-state index contributed by atoms with van der Waals surface area (Å²) in [5.41, 5.74) is 1.10. The van der Waals surface area contributed by atoms with Crippen LogP contribution < -0.4 is 0 Å². The number of aromatic carboxylic acids is 1. The Morgan fingerprint density at radius 1 is 0.875 bits per heavy atom. The van der Waals surface area contributed by atoms with Crippen LogP contribution in [0.5, 0.6) is 0 Å². The number of nitrogens with zero attached hydrogens (tertiary/aromatic N) is 3. The molecule has 0 spiro atoms. The van der Waals surface area contributed by atoms with Crippen molar-refractivity contribution in [2.24, 2.45) is 0 Å². The lowest BCUT2D eigenvalue weighted by Gasteiger charge is -2.10. The Hall–Kier alpha value is -2.91. The highest BCUT2D eigenvalue weighted by Crippen LogP contribution is 2.35. The molecule has 4 rings (SSSR count). The minimum Gasteiger partial charge on any atom is -0.478 e. The van der Waals surface area contributed by atoms with Crippen molar-refractivity contribution in [1.82, 2.24) is 15.0 Å². The van der Waals surface area contributed by atoms with E-state index >= 15 is 0 Å². The zero-order valence-electron chi connectivity index (χ0n) is 15.9. The monoisotopic (exact) mass is 507 g/mol. The van der Waals surface area contributed by atoms with Crippen LogP contribution in [0.25, 0.3) is 16.9 Å². The predicted octanol–water partition coefficient (Wildman–Crippen LogP) is 5.43. The van der Waals surface area contributed by atoms with Crippen molar-refractivity contribution in [2.75, 3.05) is 0 Å². The fraction of sp³-hybridized carbons (Fsp3) is 0. The quantitative estimate of drug-likeness (QED) is 0.386. The molecule has 162 valence electrons. The summed E-state index contributed by atoms with van der Waals surface area (Å²) in [4.78, 5) is 11.0. The van der Waals surface area contributed by atoms with Gasteiger partial charge in [0.2, 0.25) is 14.9 Å². The second kappa shape index (κ2) is 8.55. The van der Waals surface area contributed by atoms with Gasteiger partial charge in [0.05, 0.1) is 21.2 Å². The first kappa shape index (κ1) is 22.3. The number of rotatable bonds is 5. The third-order valence-corrected chi connectivity index (χ3v) is 7.18. The summed E-state index contributed by atoms with van der Waals surface area (Å²) >= 11 is 18.2. The van der Waals surface area contributed by atoms with Gasteiger partial charge in [-0.3, -0.25) is 0 Å². The first-order chi connectivity index (χ1) is 15.2. The molecule has 0 fully saturated rings. The van der Waals surface area contributed by atoms with Gasteiger partial charge in [0, 0.05) is 15.6 Å². The smallest absolute Gasteiger partial charge is 0.335 e. The van der Waals surface area contributed by atoms with Gasteiger partial charge < -0.3 is 5.11 Å². The Kier molecular flexibility index (Phi) is 5.96. The molecule has 0 radical (unpaired) electrons. The second-order valence-electron chi connectivity index (χ2n) is 6.59.